The molecule has 24 heavy (non-hydrogen) atoms. The summed E-state index contributed by atoms with van der Waals surface area (Å²) >= 11 is 1.40. The standard InChI is InChI=1S/C17H22N4O2S/c1-12-9-15(23-19-12)17-16(18-20-24-17)13-5-4-7-21(10-13)11-14-6-2-3-8-22-14/h3,8-9,13-14H,2,4-7,10-11H2,1H3/t13-,14+/m0/s1. The molecule has 0 aliphatic carbocycles. The van der Waals surface area contributed by atoms with Crippen molar-refractivity contribution in [3.63, 3.8) is 0 Å². The summed E-state index contributed by atoms with van der Waals surface area (Å²) in [7, 11) is 0. The molecule has 0 N–H and O–H groups in total. The molecule has 2 aliphatic heterocycles. The number of rotatable bonds is 4. The van der Waals surface area contributed by atoms with Gasteiger partial charge in [0.2, 0.25) is 0 Å². The summed E-state index contributed by atoms with van der Waals surface area (Å²) in [6.45, 7) is 5.07. The van der Waals surface area contributed by atoms with Crippen LogP contribution in [0.5, 0.6) is 0 Å². The maximum Gasteiger partial charge on any atom is 0.180 e. The van der Waals surface area contributed by atoms with Crippen LogP contribution in [-0.4, -0.2) is 45.4 Å². The summed E-state index contributed by atoms with van der Waals surface area (Å²) in [6.07, 6.45) is 8.82. The van der Waals surface area contributed by atoms with Gasteiger partial charge in [0, 0.05) is 25.1 Å². The molecule has 6 nitrogen and oxygen atoms in total. The van der Waals surface area contributed by atoms with Crippen LogP contribution in [0.4, 0.5) is 0 Å². The molecule has 0 amide bonds. The Morgan fingerprint density at radius 3 is 3.12 bits per heavy atom. The Kier molecular flexibility index (Phi) is 4.62. The zero-order valence-corrected chi connectivity index (χ0v) is 14.7. The van der Waals surface area contributed by atoms with Crippen molar-refractivity contribution < 1.29 is 9.26 Å². The second-order valence-corrected chi connectivity index (χ2v) is 7.38. The van der Waals surface area contributed by atoms with E-state index in [1.54, 1.807) is 0 Å². The number of hydrogen-bond donors (Lipinski definition) is 0. The van der Waals surface area contributed by atoms with Crippen LogP contribution in [0.25, 0.3) is 10.6 Å². The molecule has 0 bridgehead atoms. The molecule has 2 aliphatic rings. The topological polar surface area (TPSA) is 64.3 Å². The normalized spacial score (nSPS) is 24.9. The number of aryl methyl sites for hydroxylation is 1. The Morgan fingerprint density at radius 1 is 1.38 bits per heavy atom. The van der Waals surface area contributed by atoms with Crippen molar-refractivity contribution in [2.75, 3.05) is 19.6 Å². The highest BCUT2D eigenvalue weighted by Gasteiger charge is 2.29. The maximum atomic E-state index is 5.73. The first-order valence-electron chi connectivity index (χ1n) is 8.58. The number of nitrogens with zero attached hydrogens (tertiary/aromatic N) is 4. The van der Waals surface area contributed by atoms with Crippen molar-refractivity contribution >= 4 is 11.5 Å². The Balaban J connectivity index is 1.46. The van der Waals surface area contributed by atoms with Gasteiger partial charge in [-0.15, -0.1) is 5.10 Å². The summed E-state index contributed by atoms with van der Waals surface area (Å²) in [6, 6.07) is 1.96. The van der Waals surface area contributed by atoms with Crippen molar-refractivity contribution in [1.82, 2.24) is 19.6 Å². The molecule has 4 heterocycles. The van der Waals surface area contributed by atoms with Crippen molar-refractivity contribution in [3.8, 4) is 10.6 Å². The third-order valence-corrected chi connectivity index (χ3v) is 5.50. The molecular weight excluding hydrogens is 324 g/mol. The number of aromatic nitrogens is 3. The number of likely N-dealkylation sites (tertiary alicyclic amines) is 1. The molecule has 7 heteroatoms. The molecule has 0 spiro atoms. The molecule has 2 aromatic rings. The van der Waals surface area contributed by atoms with Crippen LogP contribution in [0, 0.1) is 6.92 Å². The first-order chi connectivity index (χ1) is 11.8. The number of hydrogen-bond acceptors (Lipinski definition) is 7. The molecule has 0 unspecified atom stereocenters. The highest BCUT2D eigenvalue weighted by molar-refractivity contribution is 7.09. The molecule has 1 fully saturated rings. The minimum absolute atomic E-state index is 0.318. The lowest BCUT2D eigenvalue weighted by molar-refractivity contribution is 0.0671. The Hall–Kier alpha value is -1.73. The summed E-state index contributed by atoms with van der Waals surface area (Å²) in [5.74, 6) is 1.19. The SMILES string of the molecule is Cc1cc(-c2snnc2[C@H]2CCCN(C[C@H]3CCC=CO3)C2)on1. The minimum Gasteiger partial charge on any atom is -0.497 e. The predicted octanol–water partition coefficient (Wildman–Crippen LogP) is 3.37. The van der Waals surface area contributed by atoms with Gasteiger partial charge in [-0.25, -0.2) is 0 Å². The Bertz CT molecular complexity index is 711. The first-order valence-corrected chi connectivity index (χ1v) is 9.35. The lowest BCUT2D eigenvalue weighted by atomic mass is 9.93. The van der Waals surface area contributed by atoms with Crippen LogP contribution in [0.1, 0.15) is 43.0 Å². The van der Waals surface area contributed by atoms with E-state index in [1.807, 2.05) is 19.3 Å². The number of allylic oxidation sites excluding steroid dienone is 1. The average molecular weight is 346 g/mol. The Labute approximate surface area is 145 Å². The van der Waals surface area contributed by atoms with E-state index in [0.717, 1.165) is 60.9 Å². The number of ether oxygens (including phenoxy) is 1. The van der Waals surface area contributed by atoms with Crippen LogP contribution < -0.4 is 0 Å². The molecule has 1 saturated heterocycles. The molecular formula is C17H22N4O2S. The molecule has 2 atom stereocenters. The smallest absolute Gasteiger partial charge is 0.180 e. The van der Waals surface area contributed by atoms with Crippen LogP contribution in [-0.2, 0) is 4.74 Å². The van der Waals surface area contributed by atoms with Gasteiger partial charge in [0.05, 0.1) is 17.6 Å². The molecule has 0 radical (unpaired) electrons. The van der Waals surface area contributed by atoms with E-state index in [-0.39, 0.29) is 0 Å². The van der Waals surface area contributed by atoms with Crippen molar-refractivity contribution in [2.45, 2.75) is 44.6 Å². The van der Waals surface area contributed by atoms with E-state index in [2.05, 4.69) is 25.7 Å². The van der Waals surface area contributed by atoms with Gasteiger partial charge in [-0.3, -0.25) is 4.90 Å². The van der Waals surface area contributed by atoms with Gasteiger partial charge in [0.1, 0.15) is 11.0 Å². The molecule has 0 aromatic carbocycles. The van der Waals surface area contributed by atoms with Gasteiger partial charge in [-0.2, -0.15) is 0 Å². The minimum atomic E-state index is 0.318. The summed E-state index contributed by atoms with van der Waals surface area (Å²) in [5, 5.41) is 8.41. The molecule has 128 valence electrons. The third kappa shape index (κ3) is 3.37. The summed E-state index contributed by atoms with van der Waals surface area (Å²) < 4.78 is 15.3. The zero-order valence-electron chi connectivity index (χ0n) is 13.9. The van der Waals surface area contributed by atoms with Crippen LogP contribution >= 0.6 is 11.5 Å². The molecule has 4 rings (SSSR count). The van der Waals surface area contributed by atoms with Crippen LogP contribution in [0.15, 0.2) is 22.9 Å². The lowest BCUT2D eigenvalue weighted by Gasteiger charge is -2.34. The van der Waals surface area contributed by atoms with Gasteiger partial charge in [-0.1, -0.05) is 9.64 Å². The van der Waals surface area contributed by atoms with E-state index < -0.39 is 0 Å². The monoisotopic (exact) mass is 346 g/mol. The quantitative estimate of drug-likeness (QED) is 0.846. The highest BCUT2D eigenvalue weighted by Crippen LogP contribution is 2.35. The fourth-order valence-electron chi connectivity index (χ4n) is 3.56. The van der Waals surface area contributed by atoms with Gasteiger partial charge in [0.25, 0.3) is 0 Å². The predicted molar refractivity (Wildman–Crippen MR) is 91.8 cm³/mol. The van der Waals surface area contributed by atoms with E-state index in [0.29, 0.717) is 12.0 Å². The zero-order chi connectivity index (χ0) is 16.4. The third-order valence-electron chi connectivity index (χ3n) is 4.74. The highest BCUT2D eigenvalue weighted by atomic mass is 32.1. The van der Waals surface area contributed by atoms with Crippen molar-refractivity contribution in [3.05, 3.63) is 29.8 Å². The van der Waals surface area contributed by atoms with Gasteiger partial charge in [-0.05, 0) is 56.8 Å². The van der Waals surface area contributed by atoms with Crippen LogP contribution in [0.3, 0.4) is 0 Å². The van der Waals surface area contributed by atoms with E-state index >= 15 is 0 Å². The van der Waals surface area contributed by atoms with Gasteiger partial charge < -0.3 is 9.26 Å². The second-order valence-electron chi connectivity index (χ2n) is 6.63. The molecule has 2 aromatic heterocycles. The van der Waals surface area contributed by atoms with Crippen LogP contribution in [0.2, 0.25) is 0 Å². The summed E-state index contributed by atoms with van der Waals surface area (Å²) in [5.41, 5.74) is 1.95. The number of piperidine rings is 1. The molecule has 0 saturated carbocycles. The first kappa shape index (κ1) is 15.8. The van der Waals surface area contributed by atoms with Gasteiger partial charge in [0.15, 0.2) is 5.76 Å². The van der Waals surface area contributed by atoms with E-state index in [1.165, 1.54) is 18.0 Å². The largest absolute Gasteiger partial charge is 0.497 e. The fourth-order valence-corrected chi connectivity index (χ4v) is 4.26. The van der Waals surface area contributed by atoms with Crippen molar-refractivity contribution in [1.29, 1.82) is 0 Å². The maximum absolute atomic E-state index is 5.73. The van der Waals surface area contributed by atoms with E-state index in [4.69, 9.17) is 9.26 Å². The fraction of sp³-hybridized carbons (Fsp3) is 0.588. The van der Waals surface area contributed by atoms with Gasteiger partial charge >= 0.3 is 0 Å². The Morgan fingerprint density at radius 2 is 2.33 bits per heavy atom. The van der Waals surface area contributed by atoms with Crippen molar-refractivity contribution in [2.24, 2.45) is 0 Å². The summed E-state index contributed by atoms with van der Waals surface area (Å²) in [4.78, 5) is 3.53. The second kappa shape index (κ2) is 7.03. The van der Waals surface area contributed by atoms with E-state index in [9.17, 15) is 0 Å². The average Bonchev–Trinajstić information content (AvgIpc) is 3.24. The lowest BCUT2D eigenvalue weighted by Crippen LogP contribution is -2.40.